The number of nitrogens with zero attached hydrogens (tertiary/aromatic N) is 2. The Bertz CT molecular complexity index is 1040. The number of fused-ring (bicyclic) bond motifs is 2. The highest BCUT2D eigenvalue weighted by Crippen LogP contribution is 2.42. The molecular weight excluding hydrogens is 405 g/mol. The number of piperidine rings is 1. The van der Waals surface area contributed by atoms with Gasteiger partial charge < -0.3 is 4.74 Å². The lowest BCUT2D eigenvalue weighted by Gasteiger charge is -2.44. The van der Waals surface area contributed by atoms with Crippen molar-refractivity contribution in [1.29, 1.82) is 5.26 Å². The zero-order valence-corrected chi connectivity index (χ0v) is 16.7. The molecular formula is C24H21F3N2O2. The summed E-state index contributed by atoms with van der Waals surface area (Å²) in [6.45, 7) is 0.153. The Morgan fingerprint density at radius 3 is 2.61 bits per heavy atom. The van der Waals surface area contributed by atoms with Crippen LogP contribution < -0.4 is 0 Å². The van der Waals surface area contributed by atoms with E-state index in [-0.39, 0.29) is 29.8 Å². The van der Waals surface area contributed by atoms with Crippen LogP contribution >= 0.6 is 0 Å². The van der Waals surface area contributed by atoms with Gasteiger partial charge in [-0.05, 0) is 54.5 Å². The molecule has 160 valence electrons. The zero-order chi connectivity index (χ0) is 22.0. The first-order chi connectivity index (χ1) is 14.9. The number of ether oxygens (including phenoxy) is 1. The molecule has 2 unspecified atom stereocenters. The number of carbonyl (C=O) groups excluding carboxylic acids is 1. The summed E-state index contributed by atoms with van der Waals surface area (Å²) in [5, 5.41) is 9.00. The third-order valence-electron chi connectivity index (χ3n) is 5.85. The first-order valence-electron chi connectivity index (χ1n) is 10.2. The van der Waals surface area contributed by atoms with Crippen molar-refractivity contribution >= 4 is 11.7 Å². The monoisotopic (exact) mass is 426 g/mol. The lowest BCUT2D eigenvalue weighted by Crippen LogP contribution is -2.51. The number of rotatable bonds is 3. The molecule has 1 saturated heterocycles. The van der Waals surface area contributed by atoms with Crippen molar-refractivity contribution in [3.8, 4) is 6.07 Å². The van der Waals surface area contributed by atoms with Crippen molar-refractivity contribution < 1.29 is 22.7 Å². The van der Waals surface area contributed by atoms with E-state index in [1.54, 1.807) is 17.0 Å². The van der Waals surface area contributed by atoms with E-state index < -0.39 is 17.8 Å². The normalized spacial score (nSPS) is 20.6. The van der Waals surface area contributed by atoms with Crippen molar-refractivity contribution in [3.05, 3.63) is 76.9 Å². The van der Waals surface area contributed by atoms with Gasteiger partial charge in [0.15, 0.2) is 0 Å². The van der Waals surface area contributed by atoms with E-state index in [0.29, 0.717) is 24.8 Å². The van der Waals surface area contributed by atoms with Crippen LogP contribution in [0, 0.1) is 11.3 Å². The van der Waals surface area contributed by atoms with Crippen LogP contribution in [0.3, 0.4) is 0 Å². The third kappa shape index (κ3) is 4.43. The maximum Gasteiger partial charge on any atom is 0.417 e. The Kier molecular flexibility index (Phi) is 5.73. The summed E-state index contributed by atoms with van der Waals surface area (Å²) in [5.41, 5.74) is 0.691. The summed E-state index contributed by atoms with van der Waals surface area (Å²) in [5.74, 6) is 0. The molecule has 7 heteroatoms. The first kappa shape index (κ1) is 21.0. The number of hydrogen-bond acceptors (Lipinski definition) is 3. The number of hydrogen-bond donors (Lipinski definition) is 0. The summed E-state index contributed by atoms with van der Waals surface area (Å²) >= 11 is 0. The van der Waals surface area contributed by atoms with E-state index in [4.69, 9.17) is 10.00 Å². The molecule has 0 saturated carbocycles. The maximum atomic E-state index is 13.7. The number of nitriles is 1. The molecule has 4 nitrogen and oxygen atoms in total. The number of alkyl halides is 3. The van der Waals surface area contributed by atoms with Gasteiger partial charge in [-0.3, -0.25) is 4.90 Å². The van der Waals surface area contributed by atoms with Gasteiger partial charge in [0.1, 0.15) is 6.61 Å². The molecule has 2 atom stereocenters. The fourth-order valence-corrected chi connectivity index (χ4v) is 4.44. The summed E-state index contributed by atoms with van der Waals surface area (Å²) in [4.78, 5) is 14.5. The van der Waals surface area contributed by atoms with Crippen molar-refractivity contribution in [3.63, 3.8) is 0 Å². The molecule has 2 aromatic rings. The number of halogens is 3. The van der Waals surface area contributed by atoms with Gasteiger partial charge in [-0.2, -0.15) is 18.4 Å². The van der Waals surface area contributed by atoms with Crippen LogP contribution in [0.15, 0.2) is 54.6 Å². The van der Waals surface area contributed by atoms with Crippen molar-refractivity contribution in [1.82, 2.24) is 4.90 Å². The first-order valence-corrected chi connectivity index (χ1v) is 10.2. The van der Waals surface area contributed by atoms with E-state index in [0.717, 1.165) is 18.1 Å². The smallest absolute Gasteiger partial charge is 0.417 e. The molecule has 1 fully saturated rings. The SMILES string of the molecule is N#Cc1ccc(C2=CC3CCCC(C2)N3C(=O)OCc2ccccc2)c(C(F)(F)F)c1. The number of benzene rings is 2. The molecule has 2 aliphatic heterocycles. The van der Waals surface area contributed by atoms with Crippen LogP contribution in [0.2, 0.25) is 0 Å². The van der Waals surface area contributed by atoms with Crippen LogP contribution in [0.1, 0.15) is 47.9 Å². The van der Waals surface area contributed by atoms with Crippen LogP contribution in [-0.2, 0) is 17.5 Å². The fourth-order valence-electron chi connectivity index (χ4n) is 4.44. The lowest BCUT2D eigenvalue weighted by atomic mass is 9.81. The summed E-state index contributed by atoms with van der Waals surface area (Å²) in [7, 11) is 0. The highest BCUT2D eigenvalue weighted by Gasteiger charge is 2.40. The average Bonchev–Trinajstić information content (AvgIpc) is 2.76. The van der Waals surface area contributed by atoms with Gasteiger partial charge in [0.25, 0.3) is 0 Å². The second-order valence-electron chi connectivity index (χ2n) is 7.87. The average molecular weight is 426 g/mol. The van der Waals surface area contributed by atoms with Gasteiger partial charge in [-0.25, -0.2) is 4.79 Å². The van der Waals surface area contributed by atoms with Gasteiger partial charge in [0.05, 0.1) is 23.2 Å². The van der Waals surface area contributed by atoms with Crippen LogP contribution in [-0.4, -0.2) is 23.1 Å². The molecule has 0 spiro atoms. The number of carbonyl (C=O) groups is 1. The third-order valence-corrected chi connectivity index (χ3v) is 5.85. The lowest BCUT2D eigenvalue weighted by molar-refractivity contribution is -0.137. The highest BCUT2D eigenvalue weighted by atomic mass is 19.4. The summed E-state index contributed by atoms with van der Waals surface area (Å²) < 4.78 is 46.5. The molecule has 0 aromatic heterocycles. The van der Waals surface area contributed by atoms with Gasteiger partial charge in [0.2, 0.25) is 0 Å². The van der Waals surface area contributed by atoms with Crippen molar-refractivity contribution in [2.45, 2.75) is 50.6 Å². The Hall–Kier alpha value is -3.27. The van der Waals surface area contributed by atoms with E-state index >= 15 is 0 Å². The van der Waals surface area contributed by atoms with E-state index in [2.05, 4.69) is 0 Å². The Morgan fingerprint density at radius 2 is 1.94 bits per heavy atom. The fraction of sp³-hybridized carbons (Fsp3) is 0.333. The minimum absolute atomic E-state index is 0.0289. The summed E-state index contributed by atoms with van der Waals surface area (Å²) in [6, 6.07) is 14.3. The molecule has 2 aromatic carbocycles. The number of amides is 1. The molecule has 2 aliphatic rings. The Balaban J connectivity index is 1.59. The minimum Gasteiger partial charge on any atom is -0.445 e. The topological polar surface area (TPSA) is 53.3 Å². The highest BCUT2D eigenvalue weighted by molar-refractivity contribution is 5.76. The van der Waals surface area contributed by atoms with Gasteiger partial charge in [-0.15, -0.1) is 0 Å². The van der Waals surface area contributed by atoms with Gasteiger partial charge in [-0.1, -0.05) is 42.5 Å². The Labute approximate surface area is 178 Å². The van der Waals surface area contributed by atoms with Gasteiger partial charge in [0, 0.05) is 6.04 Å². The van der Waals surface area contributed by atoms with Crippen molar-refractivity contribution in [2.24, 2.45) is 0 Å². The van der Waals surface area contributed by atoms with Crippen LogP contribution in [0.4, 0.5) is 18.0 Å². The molecule has 31 heavy (non-hydrogen) atoms. The Morgan fingerprint density at radius 1 is 1.16 bits per heavy atom. The van der Waals surface area contributed by atoms with Crippen LogP contribution in [0.5, 0.6) is 0 Å². The standard InChI is InChI=1S/C24H21F3N2O2/c25-24(26,27)22-11-17(14-28)9-10-21(22)18-12-19-7-4-8-20(13-18)29(19)23(30)31-15-16-5-2-1-3-6-16/h1-3,5-6,9-12,19-20H,4,7-8,13,15H2. The second kappa shape index (κ2) is 8.46. The molecule has 0 N–H and O–H groups in total. The molecule has 2 bridgehead atoms. The molecule has 0 radical (unpaired) electrons. The predicted octanol–water partition coefficient (Wildman–Crippen LogP) is 5.92. The molecule has 0 aliphatic carbocycles. The quantitative estimate of drug-likeness (QED) is 0.612. The zero-order valence-electron chi connectivity index (χ0n) is 16.7. The van der Waals surface area contributed by atoms with E-state index in [9.17, 15) is 18.0 Å². The maximum absolute atomic E-state index is 13.7. The largest absolute Gasteiger partial charge is 0.445 e. The van der Waals surface area contributed by atoms with E-state index in [1.807, 2.05) is 30.3 Å². The molecule has 2 heterocycles. The molecule has 4 rings (SSSR count). The predicted molar refractivity (Wildman–Crippen MR) is 109 cm³/mol. The van der Waals surface area contributed by atoms with Crippen LogP contribution in [0.25, 0.3) is 5.57 Å². The van der Waals surface area contributed by atoms with Gasteiger partial charge >= 0.3 is 12.3 Å². The van der Waals surface area contributed by atoms with E-state index in [1.165, 1.54) is 12.1 Å². The minimum atomic E-state index is -4.57. The second-order valence-corrected chi connectivity index (χ2v) is 7.87. The summed E-state index contributed by atoms with van der Waals surface area (Å²) in [6.07, 6.45) is -0.624. The molecule has 1 amide bonds. The van der Waals surface area contributed by atoms with Crippen molar-refractivity contribution in [2.75, 3.05) is 0 Å².